The first kappa shape index (κ1) is 15.4. The molecular formula is C11H13ClN2O4S2. The summed E-state index contributed by atoms with van der Waals surface area (Å²) in [7, 11) is -3.95. The molecule has 0 aliphatic carbocycles. The molecule has 1 aromatic rings. The zero-order valence-electron chi connectivity index (χ0n) is 10.5. The maximum atomic E-state index is 12.6. The van der Waals surface area contributed by atoms with Gasteiger partial charge in [0.1, 0.15) is 10.9 Å². The third-order valence-electron chi connectivity index (χ3n) is 3.00. The Kier molecular flexibility index (Phi) is 4.19. The zero-order chi connectivity index (χ0) is 15.1. The van der Waals surface area contributed by atoms with Gasteiger partial charge in [0.25, 0.3) is 0 Å². The number of nitrogens with two attached hydrogens (primary N) is 1. The van der Waals surface area contributed by atoms with Crippen molar-refractivity contribution in [1.82, 2.24) is 4.31 Å². The van der Waals surface area contributed by atoms with Gasteiger partial charge in [-0.1, -0.05) is 11.6 Å². The van der Waals surface area contributed by atoms with Crippen LogP contribution in [0, 0.1) is 6.92 Å². The minimum Gasteiger partial charge on any atom is -0.480 e. The van der Waals surface area contributed by atoms with Gasteiger partial charge in [-0.2, -0.15) is 4.31 Å². The summed E-state index contributed by atoms with van der Waals surface area (Å²) in [6.45, 7) is 1.66. The molecule has 0 saturated carbocycles. The molecule has 1 atom stereocenters. The molecule has 0 radical (unpaired) electrons. The number of hydrogen-bond acceptors (Lipinski definition) is 5. The van der Waals surface area contributed by atoms with Crippen LogP contribution in [0.4, 0.5) is 5.69 Å². The van der Waals surface area contributed by atoms with Crippen LogP contribution >= 0.6 is 23.4 Å². The number of hydrogen-bond donors (Lipinski definition) is 2. The third-order valence-corrected chi connectivity index (χ3v) is 6.50. The highest BCUT2D eigenvalue weighted by Gasteiger charge is 2.40. The van der Waals surface area contributed by atoms with E-state index in [2.05, 4.69) is 0 Å². The molecule has 20 heavy (non-hydrogen) atoms. The average Bonchev–Trinajstić information content (AvgIpc) is 2.83. The number of benzene rings is 1. The Morgan fingerprint density at radius 1 is 1.55 bits per heavy atom. The van der Waals surface area contributed by atoms with E-state index >= 15 is 0 Å². The highest BCUT2D eigenvalue weighted by Crippen LogP contribution is 2.33. The van der Waals surface area contributed by atoms with E-state index in [1.165, 1.54) is 23.9 Å². The number of carbonyl (C=O) groups is 1. The summed E-state index contributed by atoms with van der Waals surface area (Å²) in [6.07, 6.45) is 0. The molecule has 6 nitrogen and oxygen atoms in total. The predicted octanol–water partition coefficient (Wildman–Crippen LogP) is 1.38. The van der Waals surface area contributed by atoms with Crippen molar-refractivity contribution in [2.45, 2.75) is 17.9 Å². The van der Waals surface area contributed by atoms with Crippen molar-refractivity contribution in [1.29, 1.82) is 0 Å². The second-order valence-electron chi connectivity index (χ2n) is 4.39. The summed E-state index contributed by atoms with van der Waals surface area (Å²) in [5.74, 6) is -0.843. The van der Waals surface area contributed by atoms with Gasteiger partial charge in [-0.05, 0) is 24.6 Å². The molecule has 1 heterocycles. The summed E-state index contributed by atoms with van der Waals surface area (Å²) in [4.78, 5) is 11.0. The van der Waals surface area contributed by atoms with E-state index in [4.69, 9.17) is 22.4 Å². The number of rotatable bonds is 3. The van der Waals surface area contributed by atoms with Crippen LogP contribution in [0.3, 0.4) is 0 Å². The molecule has 1 fully saturated rings. The van der Waals surface area contributed by atoms with Gasteiger partial charge < -0.3 is 10.8 Å². The standard InChI is InChI=1S/C11H13ClN2O4S2/c1-6-2-10(8(13)3-7(6)12)20(17,18)14-5-19-4-9(14)11(15)16/h2-3,9H,4-5,13H2,1H3,(H,15,16)/t9-/m0/s1. The van der Waals surface area contributed by atoms with Gasteiger partial charge >= 0.3 is 5.97 Å². The summed E-state index contributed by atoms with van der Waals surface area (Å²) in [6, 6.07) is 1.66. The summed E-state index contributed by atoms with van der Waals surface area (Å²) < 4.78 is 26.1. The van der Waals surface area contributed by atoms with Crippen LogP contribution in [0.2, 0.25) is 5.02 Å². The van der Waals surface area contributed by atoms with Gasteiger partial charge in [0.15, 0.2) is 0 Å². The van der Waals surface area contributed by atoms with E-state index in [0.717, 1.165) is 4.31 Å². The lowest BCUT2D eigenvalue weighted by Gasteiger charge is -2.21. The molecule has 0 amide bonds. The fourth-order valence-electron chi connectivity index (χ4n) is 1.88. The van der Waals surface area contributed by atoms with Crippen molar-refractivity contribution >= 4 is 45.0 Å². The van der Waals surface area contributed by atoms with Crippen molar-refractivity contribution in [2.24, 2.45) is 0 Å². The molecule has 0 bridgehead atoms. The number of thioether (sulfide) groups is 1. The van der Waals surface area contributed by atoms with E-state index in [9.17, 15) is 13.2 Å². The van der Waals surface area contributed by atoms with E-state index in [1.54, 1.807) is 6.92 Å². The lowest BCUT2D eigenvalue weighted by Crippen LogP contribution is -2.41. The third kappa shape index (κ3) is 2.60. The van der Waals surface area contributed by atoms with Crippen LogP contribution in [0.1, 0.15) is 5.56 Å². The monoisotopic (exact) mass is 336 g/mol. The normalized spacial score (nSPS) is 20.2. The number of nitrogen functional groups attached to an aromatic ring is 1. The lowest BCUT2D eigenvalue weighted by atomic mass is 10.2. The van der Waals surface area contributed by atoms with Crippen LogP contribution in [-0.4, -0.2) is 41.5 Å². The highest BCUT2D eigenvalue weighted by atomic mass is 35.5. The van der Waals surface area contributed by atoms with Crippen LogP contribution in [0.15, 0.2) is 17.0 Å². The second kappa shape index (κ2) is 5.44. The Bertz CT molecular complexity index is 663. The molecule has 1 saturated heterocycles. The highest BCUT2D eigenvalue weighted by molar-refractivity contribution is 8.00. The van der Waals surface area contributed by atoms with Gasteiger partial charge in [-0.25, -0.2) is 8.42 Å². The molecule has 3 N–H and O–H groups in total. The van der Waals surface area contributed by atoms with Crippen molar-refractivity contribution in [3.05, 3.63) is 22.7 Å². The molecule has 9 heteroatoms. The number of aliphatic carboxylic acids is 1. The first-order chi connectivity index (χ1) is 9.25. The van der Waals surface area contributed by atoms with Crippen LogP contribution < -0.4 is 5.73 Å². The van der Waals surface area contributed by atoms with Gasteiger partial charge in [0, 0.05) is 10.8 Å². The predicted molar refractivity (Wildman–Crippen MR) is 78.4 cm³/mol. The SMILES string of the molecule is Cc1cc(S(=O)(=O)N2CSC[C@H]2C(=O)O)c(N)cc1Cl. The van der Waals surface area contributed by atoms with Crippen LogP contribution in [0.25, 0.3) is 0 Å². The molecule has 0 spiro atoms. The Morgan fingerprint density at radius 2 is 2.20 bits per heavy atom. The first-order valence-electron chi connectivity index (χ1n) is 5.63. The van der Waals surface area contributed by atoms with Gasteiger partial charge in [0.2, 0.25) is 10.0 Å². The lowest BCUT2D eigenvalue weighted by molar-refractivity contribution is -0.140. The Balaban J connectivity index is 2.50. The molecular weight excluding hydrogens is 324 g/mol. The second-order valence-corrected chi connectivity index (χ2v) is 7.65. The molecule has 1 aromatic carbocycles. The Hall–Kier alpha value is -0.960. The number of nitrogens with zero attached hydrogens (tertiary/aromatic N) is 1. The number of halogens is 1. The van der Waals surface area contributed by atoms with E-state index < -0.39 is 22.0 Å². The first-order valence-corrected chi connectivity index (χ1v) is 8.60. The largest absolute Gasteiger partial charge is 0.480 e. The van der Waals surface area contributed by atoms with Gasteiger partial charge in [0.05, 0.1) is 11.6 Å². The number of sulfonamides is 1. The minimum atomic E-state index is -3.95. The van der Waals surface area contributed by atoms with Crippen molar-refractivity contribution in [2.75, 3.05) is 17.4 Å². The van der Waals surface area contributed by atoms with E-state index in [0.29, 0.717) is 10.6 Å². The average molecular weight is 337 g/mol. The summed E-state index contributed by atoms with van der Waals surface area (Å²) in [5.41, 5.74) is 6.30. The van der Waals surface area contributed by atoms with Crippen molar-refractivity contribution in [3.63, 3.8) is 0 Å². The van der Waals surface area contributed by atoms with Crippen LogP contribution in [0.5, 0.6) is 0 Å². The number of carboxylic acids is 1. The Morgan fingerprint density at radius 3 is 2.80 bits per heavy atom. The van der Waals surface area contributed by atoms with E-state index in [-0.39, 0.29) is 22.2 Å². The minimum absolute atomic E-state index is 0.0154. The quantitative estimate of drug-likeness (QED) is 0.809. The maximum absolute atomic E-state index is 12.6. The Labute approximate surface area is 125 Å². The van der Waals surface area contributed by atoms with Crippen molar-refractivity contribution in [3.8, 4) is 0 Å². The molecule has 2 rings (SSSR count). The maximum Gasteiger partial charge on any atom is 0.322 e. The zero-order valence-corrected chi connectivity index (χ0v) is 12.9. The number of carboxylic acid groups (broad SMARTS) is 1. The smallest absolute Gasteiger partial charge is 0.322 e. The fourth-order valence-corrected chi connectivity index (χ4v) is 5.37. The summed E-state index contributed by atoms with van der Waals surface area (Å²) in [5, 5.41) is 9.46. The van der Waals surface area contributed by atoms with Crippen LogP contribution in [-0.2, 0) is 14.8 Å². The summed E-state index contributed by atoms with van der Waals surface area (Å²) >= 11 is 7.14. The number of aryl methyl sites for hydroxylation is 1. The molecule has 1 aliphatic heterocycles. The molecule has 0 aromatic heterocycles. The molecule has 1 aliphatic rings. The molecule has 0 unspecified atom stereocenters. The fraction of sp³-hybridized carbons (Fsp3) is 0.364. The topological polar surface area (TPSA) is 101 Å². The molecule has 110 valence electrons. The van der Waals surface area contributed by atoms with Gasteiger partial charge in [-0.15, -0.1) is 11.8 Å². The van der Waals surface area contributed by atoms with Gasteiger partial charge in [-0.3, -0.25) is 4.79 Å². The number of anilines is 1. The van der Waals surface area contributed by atoms with Crippen molar-refractivity contribution < 1.29 is 18.3 Å². The van der Waals surface area contributed by atoms with E-state index in [1.807, 2.05) is 0 Å².